The van der Waals surface area contributed by atoms with Crippen molar-refractivity contribution < 1.29 is 19.5 Å². The molecule has 2 N–H and O–H groups in total. The molecule has 0 aromatic heterocycles. The van der Waals surface area contributed by atoms with Crippen molar-refractivity contribution in [1.82, 2.24) is 10.2 Å². The Bertz CT molecular complexity index is 396. The van der Waals surface area contributed by atoms with Crippen molar-refractivity contribution in [1.29, 1.82) is 0 Å². The molecule has 6 heteroatoms. The summed E-state index contributed by atoms with van der Waals surface area (Å²) in [4.78, 5) is 36.2. The van der Waals surface area contributed by atoms with Crippen LogP contribution in [0.1, 0.15) is 32.1 Å². The first-order valence-electron chi connectivity index (χ1n) is 6.76. The second-order valence-electron chi connectivity index (χ2n) is 5.50. The molecule has 1 saturated heterocycles. The summed E-state index contributed by atoms with van der Waals surface area (Å²) < 4.78 is 0. The third kappa shape index (κ3) is 3.05. The van der Waals surface area contributed by atoms with Gasteiger partial charge in [0.05, 0.1) is 11.8 Å². The van der Waals surface area contributed by atoms with Gasteiger partial charge >= 0.3 is 5.97 Å². The molecule has 1 unspecified atom stereocenters. The molecule has 1 aliphatic heterocycles. The van der Waals surface area contributed by atoms with Crippen LogP contribution in [-0.2, 0) is 14.4 Å². The number of carboxylic acid groups (broad SMARTS) is 1. The molecule has 0 aromatic rings. The van der Waals surface area contributed by atoms with E-state index in [0.717, 1.165) is 6.42 Å². The Kier molecular flexibility index (Phi) is 4.07. The largest absolute Gasteiger partial charge is 0.481 e. The quantitative estimate of drug-likeness (QED) is 0.767. The fourth-order valence-electron chi connectivity index (χ4n) is 3.01. The van der Waals surface area contributed by atoms with Crippen molar-refractivity contribution in [3.63, 3.8) is 0 Å². The van der Waals surface area contributed by atoms with Crippen LogP contribution in [0.15, 0.2) is 0 Å². The van der Waals surface area contributed by atoms with Crippen LogP contribution in [-0.4, -0.2) is 47.4 Å². The van der Waals surface area contributed by atoms with Gasteiger partial charge in [0.15, 0.2) is 0 Å². The second-order valence-corrected chi connectivity index (χ2v) is 5.50. The number of carbonyl (C=O) groups is 3. The number of aliphatic carboxylic acids is 1. The third-order valence-corrected chi connectivity index (χ3v) is 4.14. The Balaban J connectivity index is 1.90. The lowest BCUT2D eigenvalue weighted by Crippen LogP contribution is -2.50. The Hall–Kier alpha value is -1.59. The molecule has 2 rings (SSSR count). The van der Waals surface area contributed by atoms with Crippen LogP contribution in [0.3, 0.4) is 0 Å². The molecule has 0 spiro atoms. The standard InChI is InChI=1S/C13H20N2O4/c1-15-7-8(5-6-11(15)16)14-12(17)9-3-2-4-10(9)13(18)19/h8-10H,2-7H2,1H3,(H,14,17)(H,18,19)/t8?,9-,10+/m1/s1. The summed E-state index contributed by atoms with van der Waals surface area (Å²) in [6, 6.07) is -0.0507. The van der Waals surface area contributed by atoms with Gasteiger partial charge in [0, 0.05) is 26.1 Å². The zero-order valence-corrected chi connectivity index (χ0v) is 11.1. The molecule has 2 amide bonds. The molecule has 0 bridgehead atoms. The maximum Gasteiger partial charge on any atom is 0.307 e. The van der Waals surface area contributed by atoms with E-state index in [4.69, 9.17) is 5.11 Å². The van der Waals surface area contributed by atoms with Crippen LogP contribution >= 0.6 is 0 Å². The maximum absolute atomic E-state index is 12.1. The van der Waals surface area contributed by atoms with E-state index in [0.29, 0.717) is 32.2 Å². The van der Waals surface area contributed by atoms with Gasteiger partial charge in [0.2, 0.25) is 11.8 Å². The number of hydrogen-bond acceptors (Lipinski definition) is 3. The van der Waals surface area contributed by atoms with Gasteiger partial charge in [-0.15, -0.1) is 0 Å². The normalized spacial score (nSPS) is 31.3. The predicted octanol–water partition coefficient (Wildman–Crippen LogP) is 0.224. The summed E-state index contributed by atoms with van der Waals surface area (Å²) in [6.07, 6.45) is 3.09. The van der Waals surface area contributed by atoms with Crippen LogP contribution in [0.25, 0.3) is 0 Å². The highest BCUT2D eigenvalue weighted by atomic mass is 16.4. The summed E-state index contributed by atoms with van der Waals surface area (Å²) >= 11 is 0. The fraction of sp³-hybridized carbons (Fsp3) is 0.769. The molecule has 0 aromatic carbocycles. The van der Waals surface area contributed by atoms with Gasteiger partial charge < -0.3 is 15.3 Å². The first-order chi connectivity index (χ1) is 8.99. The van der Waals surface area contributed by atoms with Crippen LogP contribution in [0, 0.1) is 11.8 Å². The van der Waals surface area contributed by atoms with Gasteiger partial charge in [-0.25, -0.2) is 0 Å². The van der Waals surface area contributed by atoms with Gasteiger partial charge in [-0.05, 0) is 19.3 Å². The highest BCUT2D eigenvalue weighted by Gasteiger charge is 2.38. The number of likely N-dealkylation sites (N-methyl/N-ethyl adjacent to an activating group) is 1. The molecule has 3 atom stereocenters. The first-order valence-corrected chi connectivity index (χ1v) is 6.76. The SMILES string of the molecule is CN1CC(NC(=O)[C@@H]2CCC[C@@H]2C(=O)O)CCC1=O. The Labute approximate surface area is 112 Å². The predicted molar refractivity (Wildman–Crippen MR) is 67.3 cm³/mol. The van der Waals surface area contributed by atoms with E-state index in [2.05, 4.69) is 5.32 Å². The number of carbonyl (C=O) groups excluding carboxylic acids is 2. The van der Waals surface area contributed by atoms with Gasteiger partial charge in [-0.1, -0.05) is 6.42 Å². The number of piperidine rings is 1. The van der Waals surface area contributed by atoms with E-state index in [9.17, 15) is 14.4 Å². The summed E-state index contributed by atoms with van der Waals surface area (Å²) in [5.74, 6) is -1.93. The Morgan fingerprint density at radius 3 is 2.58 bits per heavy atom. The minimum Gasteiger partial charge on any atom is -0.481 e. The minimum absolute atomic E-state index is 0.0507. The van der Waals surface area contributed by atoms with Crippen molar-refractivity contribution in [2.45, 2.75) is 38.1 Å². The molecule has 6 nitrogen and oxygen atoms in total. The molecule has 1 aliphatic carbocycles. The fourth-order valence-corrected chi connectivity index (χ4v) is 3.01. The van der Waals surface area contributed by atoms with Crippen LogP contribution in [0.4, 0.5) is 0 Å². The van der Waals surface area contributed by atoms with Crippen molar-refractivity contribution in [2.24, 2.45) is 11.8 Å². The van der Waals surface area contributed by atoms with Gasteiger partial charge in [-0.3, -0.25) is 14.4 Å². The third-order valence-electron chi connectivity index (χ3n) is 4.14. The van der Waals surface area contributed by atoms with E-state index >= 15 is 0 Å². The molecule has 1 saturated carbocycles. The molecule has 0 radical (unpaired) electrons. The van der Waals surface area contributed by atoms with E-state index < -0.39 is 17.8 Å². The number of rotatable bonds is 3. The zero-order chi connectivity index (χ0) is 14.0. The smallest absolute Gasteiger partial charge is 0.307 e. The monoisotopic (exact) mass is 268 g/mol. The Morgan fingerprint density at radius 1 is 1.26 bits per heavy atom. The van der Waals surface area contributed by atoms with Crippen LogP contribution in [0.5, 0.6) is 0 Å². The summed E-state index contributed by atoms with van der Waals surface area (Å²) in [7, 11) is 1.72. The average molecular weight is 268 g/mol. The summed E-state index contributed by atoms with van der Waals surface area (Å²) in [6.45, 7) is 0.509. The summed E-state index contributed by atoms with van der Waals surface area (Å²) in [5, 5.41) is 12.0. The van der Waals surface area contributed by atoms with E-state index in [1.807, 2.05) is 0 Å². The van der Waals surface area contributed by atoms with Crippen LogP contribution < -0.4 is 5.32 Å². The maximum atomic E-state index is 12.1. The number of nitrogens with one attached hydrogen (secondary N) is 1. The zero-order valence-electron chi connectivity index (χ0n) is 11.1. The second kappa shape index (κ2) is 5.59. The molecule has 1 heterocycles. The number of carboxylic acids is 1. The van der Waals surface area contributed by atoms with E-state index in [1.54, 1.807) is 11.9 Å². The van der Waals surface area contributed by atoms with Crippen LogP contribution in [0.2, 0.25) is 0 Å². The van der Waals surface area contributed by atoms with E-state index in [1.165, 1.54) is 0 Å². The first kappa shape index (κ1) is 13.8. The number of likely N-dealkylation sites (tertiary alicyclic amines) is 1. The van der Waals surface area contributed by atoms with E-state index in [-0.39, 0.29) is 17.9 Å². The minimum atomic E-state index is -0.881. The molecular weight excluding hydrogens is 248 g/mol. The van der Waals surface area contributed by atoms with Crippen molar-refractivity contribution in [3.8, 4) is 0 Å². The molecule has 19 heavy (non-hydrogen) atoms. The van der Waals surface area contributed by atoms with Crippen molar-refractivity contribution >= 4 is 17.8 Å². The molecule has 2 aliphatic rings. The molecular formula is C13H20N2O4. The lowest BCUT2D eigenvalue weighted by molar-refractivity contribution is -0.146. The number of amides is 2. The summed E-state index contributed by atoms with van der Waals surface area (Å²) in [5.41, 5.74) is 0. The van der Waals surface area contributed by atoms with Crippen molar-refractivity contribution in [3.05, 3.63) is 0 Å². The lowest BCUT2D eigenvalue weighted by Gasteiger charge is -2.31. The average Bonchev–Trinajstić information content (AvgIpc) is 2.83. The highest BCUT2D eigenvalue weighted by molar-refractivity contribution is 5.85. The van der Waals surface area contributed by atoms with Gasteiger partial charge in [0.25, 0.3) is 0 Å². The number of nitrogens with zero attached hydrogens (tertiary/aromatic N) is 1. The van der Waals surface area contributed by atoms with Gasteiger partial charge in [-0.2, -0.15) is 0 Å². The van der Waals surface area contributed by atoms with Crippen molar-refractivity contribution in [2.75, 3.05) is 13.6 Å². The Morgan fingerprint density at radius 2 is 1.95 bits per heavy atom. The highest BCUT2D eigenvalue weighted by Crippen LogP contribution is 2.32. The van der Waals surface area contributed by atoms with Gasteiger partial charge in [0.1, 0.15) is 0 Å². The molecule has 2 fully saturated rings. The topological polar surface area (TPSA) is 86.7 Å². The number of hydrogen-bond donors (Lipinski definition) is 2. The molecule has 106 valence electrons. The lowest BCUT2D eigenvalue weighted by atomic mass is 9.94.